The van der Waals surface area contributed by atoms with Crippen LogP contribution < -0.4 is 10.6 Å². The van der Waals surface area contributed by atoms with Crippen LogP contribution in [-0.4, -0.2) is 28.0 Å². The van der Waals surface area contributed by atoms with Gasteiger partial charge in [-0.1, -0.05) is 13.8 Å². The minimum Gasteiger partial charge on any atom is -0.354 e. The molecule has 1 aromatic heterocycles. The van der Waals surface area contributed by atoms with Crippen LogP contribution in [0.2, 0.25) is 0 Å². The second-order valence-electron chi connectivity index (χ2n) is 4.72. The molecule has 1 aliphatic rings. The highest BCUT2D eigenvalue weighted by Gasteiger charge is 2.29. The number of hydrogen-bond donors (Lipinski definition) is 2. The molecule has 15 heavy (non-hydrogen) atoms. The van der Waals surface area contributed by atoms with E-state index in [1.165, 1.54) is 11.5 Å². The summed E-state index contributed by atoms with van der Waals surface area (Å²) < 4.78 is 4.34. The van der Waals surface area contributed by atoms with Gasteiger partial charge >= 0.3 is 0 Å². The molecule has 1 saturated heterocycles. The lowest BCUT2D eigenvalue weighted by Gasteiger charge is -2.23. The van der Waals surface area contributed by atoms with E-state index >= 15 is 0 Å². The van der Waals surface area contributed by atoms with Crippen molar-refractivity contribution in [2.75, 3.05) is 18.4 Å². The van der Waals surface area contributed by atoms with Gasteiger partial charge in [0.25, 0.3) is 0 Å². The van der Waals surface area contributed by atoms with E-state index in [0.717, 1.165) is 30.5 Å². The van der Waals surface area contributed by atoms with Gasteiger partial charge in [0.15, 0.2) is 0 Å². The fourth-order valence-corrected chi connectivity index (χ4v) is 2.56. The lowest BCUT2D eigenvalue weighted by atomic mass is 10.0. The van der Waals surface area contributed by atoms with Gasteiger partial charge in [0, 0.05) is 24.0 Å². The molecule has 5 heteroatoms. The van der Waals surface area contributed by atoms with Gasteiger partial charge < -0.3 is 10.6 Å². The van der Waals surface area contributed by atoms with Crippen molar-refractivity contribution in [2.24, 2.45) is 0 Å². The summed E-state index contributed by atoms with van der Waals surface area (Å²) in [6.45, 7) is 8.54. The smallest absolute Gasteiger partial charge is 0.203 e. The van der Waals surface area contributed by atoms with Crippen molar-refractivity contribution in [1.82, 2.24) is 14.7 Å². The fraction of sp³-hybridized carbons (Fsp3) is 0.800. The zero-order chi connectivity index (χ0) is 10.9. The zero-order valence-corrected chi connectivity index (χ0v) is 10.3. The summed E-state index contributed by atoms with van der Waals surface area (Å²) in [7, 11) is 0. The van der Waals surface area contributed by atoms with Crippen molar-refractivity contribution in [3.05, 3.63) is 5.82 Å². The summed E-state index contributed by atoms with van der Waals surface area (Å²) in [6.07, 6.45) is 1.14. The predicted octanol–water partition coefficient (Wildman–Crippen LogP) is 1.83. The number of aromatic nitrogens is 2. The standard InChI is InChI=1S/C10H18N4S/c1-7(2)8-12-9(15-14-8)13-10(3)4-5-11-6-10/h7,11H,4-6H2,1-3H3,(H,12,13,14). The molecule has 1 aromatic rings. The van der Waals surface area contributed by atoms with Crippen molar-refractivity contribution < 1.29 is 0 Å². The summed E-state index contributed by atoms with van der Waals surface area (Å²) in [5.74, 6) is 1.35. The van der Waals surface area contributed by atoms with Gasteiger partial charge in [-0.25, -0.2) is 4.98 Å². The SMILES string of the molecule is CC(C)c1nsc(NC2(C)CCNC2)n1. The van der Waals surface area contributed by atoms with Gasteiger partial charge in [0.1, 0.15) is 5.82 Å². The normalized spacial score (nSPS) is 26.1. The van der Waals surface area contributed by atoms with Gasteiger partial charge in [-0.05, 0) is 19.9 Å². The highest BCUT2D eigenvalue weighted by Crippen LogP contribution is 2.24. The average Bonchev–Trinajstić information content (AvgIpc) is 2.75. The van der Waals surface area contributed by atoms with E-state index in [1.54, 1.807) is 0 Å². The molecule has 0 aromatic carbocycles. The third-order valence-corrected chi connectivity index (χ3v) is 3.38. The number of nitrogens with one attached hydrogen (secondary N) is 2. The summed E-state index contributed by atoms with van der Waals surface area (Å²) in [5.41, 5.74) is 0.147. The molecule has 1 unspecified atom stereocenters. The highest BCUT2D eigenvalue weighted by atomic mass is 32.1. The molecule has 1 atom stereocenters. The molecule has 0 bridgehead atoms. The molecule has 1 fully saturated rings. The number of nitrogens with zero attached hydrogens (tertiary/aromatic N) is 2. The van der Waals surface area contributed by atoms with Crippen molar-refractivity contribution in [3.8, 4) is 0 Å². The van der Waals surface area contributed by atoms with Gasteiger partial charge in [0.05, 0.1) is 5.54 Å². The van der Waals surface area contributed by atoms with Gasteiger partial charge in [0.2, 0.25) is 5.13 Å². The van der Waals surface area contributed by atoms with Crippen LogP contribution in [0.15, 0.2) is 0 Å². The van der Waals surface area contributed by atoms with E-state index in [-0.39, 0.29) is 5.54 Å². The first-order chi connectivity index (χ1) is 7.09. The highest BCUT2D eigenvalue weighted by molar-refractivity contribution is 7.09. The minimum atomic E-state index is 0.147. The Hall–Kier alpha value is -0.680. The summed E-state index contributed by atoms with van der Waals surface area (Å²) in [6, 6.07) is 0. The van der Waals surface area contributed by atoms with Gasteiger partial charge in [-0.15, -0.1) is 0 Å². The second kappa shape index (κ2) is 4.06. The van der Waals surface area contributed by atoms with E-state index < -0.39 is 0 Å². The van der Waals surface area contributed by atoms with Crippen molar-refractivity contribution in [3.63, 3.8) is 0 Å². The Morgan fingerprint density at radius 3 is 2.87 bits per heavy atom. The van der Waals surface area contributed by atoms with Gasteiger partial charge in [-0.3, -0.25) is 0 Å². The Balaban J connectivity index is 2.04. The molecule has 4 nitrogen and oxygen atoms in total. The molecule has 0 amide bonds. The molecule has 0 spiro atoms. The van der Waals surface area contributed by atoms with Crippen LogP contribution in [0, 0.1) is 0 Å². The maximum atomic E-state index is 4.49. The largest absolute Gasteiger partial charge is 0.354 e. The Morgan fingerprint density at radius 2 is 2.33 bits per heavy atom. The monoisotopic (exact) mass is 226 g/mol. The quantitative estimate of drug-likeness (QED) is 0.825. The second-order valence-corrected chi connectivity index (χ2v) is 5.48. The average molecular weight is 226 g/mol. The van der Waals surface area contributed by atoms with Gasteiger partial charge in [-0.2, -0.15) is 4.37 Å². The third kappa shape index (κ3) is 2.46. The zero-order valence-electron chi connectivity index (χ0n) is 9.50. The summed E-state index contributed by atoms with van der Waals surface area (Å²) in [4.78, 5) is 4.49. The predicted molar refractivity (Wildman–Crippen MR) is 63.5 cm³/mol. The molecule has 2 heterocycles. The van der Waals surface area contributed by atoms with E-state index in [0.29, 0.717) is 5.92 Å². The lowest BCUT2D eigenvalue weighted by Crippen LogP contribution is -2.36. The van der Waals surface area contributed by atoms with Crippen LogP contribution in [0.4, 0.5) is 5.13 Å². The van der Waals surface area contributed by atoms with Crippen LogP contribution in [0.25, 0.3) is 0 Å². The van der Waals surface area contributed by atoms with Crippen molar-refractivity contribution in [2.45, 2.75) is 38.6 Å². The first kappa shape index (κ1) is 10.8. The third-order valence-electron chi connectivity index (χ3n) is 2.74. The Labute approximate surface area is 94.7 Å². The molecule has 0 aliphatic carbocycles. The van der Waals surface area contributed by atoms with Crippen molar-refractivity contribution >= 4 is 16.7 Å². The van der Waals surface area contributed by atoms with E-state index in [4.69, 9.17) is 0 Å². The van der Waals surface area contributed by atoms with Crippen LogP contribution >= 0.6 is 11.5 Å². The molecule has 2 rings (SSSR count). The molecule has 1 aliphatic heterocycles. The van der Waals surface area contributed by atoms with Crippen LogP contribution in [0.3, 0.4) is 0 Å². The molecule has 0 radical (unpaired) electrons. The van der Waals surface area contributed by atoms with Crippen LogP contribution in [0.1, 0.15) is 38.9 Å². The Bertz CT molecular complexity index is 328. The Kier molecular flexibility index (Phi) is 2.93. The number of rotatable bonds is 3. The number of anilines is 1. The molecular formula is C10H18N4S. The maximum Gasteiger partial charge on any atom is 0.203 e. The molecule has 84 valence electrons. The Morgan fingerprint density at radius 1 is 1.53 bits per heavy atom. The van der Waals surface area contributed by atoms with Crippen LogP contribution in [-0.2, 0) is 0 Å². The summed E-state index contributed by atoms with van der Waals surface area (Å²) >= 11 is 1.46. The van der Waals surface area contributed by atoms with Crippen molar-refractivity contribution in [1.29, 1.82) is 0 Å². The van der Waals surface area contributed by atoms with E-state index in [9.17, 15) is 0 Å². The van der Waals surface area contributed by atoms with Crippen LogP contribution in [0.5, 0.6) is 0 Å². The topological polar surface area (TPSA) is 49.8 Å². The number of hydrogen-bond acceptors (Lipinski definition) is 5. The summed E-state index contributed by atoms with van der Waals surface area (Å²) in [5, 5.41) is 7.78. The molecule has 0 saturated carbocycles. The fourth-order valence-electron chi connectivity index (χ4n) is 1.70. The first-order valence-electron chi connectivity index (χ1n) is 5.42. The minimum absolute atomic E-state index is 0.147. The lowest BCUT2D eigenvalue weighted by molar-refractivity contribution is 0.566. The van der Waals surface area contributed by atoms with E-state index in [2.05, 4.69) is 40.8 Å². The molecular weight excluding hydrogens is 208 g/mol. The first-order valence-corrected chi connectivity index (χ1v) is 6.19. The maximum absolute atomic E-state index is 4.49. The molecule has 2 N–H and O–H groups in total. The van der Waals surface area contributed by atoms with E-state index in [1.807, 2.05) is 0 Å².